The highest BCUT2D eigenvalue weighted by Gasteiger charge is 2.45. The Labute approximate surface area is 155 Å². The van der Waals surface area contributed by atoms with Gasteiger partial charge in [0, 0.05) is 45.1 Å². The monoisotopic (exact) mass is 361 g/mol. The molecule has 0 aromatic carbocycles. The Hall–Kier alpha value is -1.44. The van der Waals surface area contributed by atoms with E-state index in [1.54, 1.807) is 6.20 Å². The number of carbonyl (C=O) groups excluding carboxylic acids is 1. The largest absolute Gasteiger partial charge is 0.379 e. The summed E-state index contributed by atoms with van der Waals surface area (Å²) in [5, 5.41) is 7.85. The lowest BCUT2D eigenvalue weighted by Crippen LogP contribution is -2.58. The Balaban J connectivity index is 1.45. The molecule has 7 nitrogen and oxygen atoms in total. The minimum absolute atomic E-state index is 0.273. The van der Waals surface area contributed by atoms with Gasteiger partial charge in [-0.1, -0.05) is 0 Å². The highest BCUT2D eigenvalue weighted by molar-refractivity contribution is 5.84. The van der Waals surface area contributed by atoms with Crippen molar-refractivity contribution in [2.75, 3.05) is 59.0 Å². The molecule has 3 fully saturated rings. The first-order valence-electron chi connectivity index (χ1n) is 10.1. The summed E-state index contributed by atoms with van der Waals surface area (Å²) in [5.41, 5.74) is -0.504. The van der Waals surface area contributed by atoms with Gasteiger partial charge in [0.1, 0.15) is 5.54 Å². The second-order valence-corrected chi connectivity index (χ2v) is 7.90. The van der Waals surface area contributed by atoms with E-state index >= 15 is 0 Å². The fourth-order valence-electron chi connectivity index (χ4n) is 4.75. The normalized spacial score (nSPS) is 27.4. The number of ether oxygens (including phenoxy) is 1. The van der Waals surface area contributed by atoms with Crippen LogP contribution in [0.1, 0.15) is 25.7 Å². The molecule has 0 bridgehead atoms. The van der Waals surface area contributed by atoms with Gasteiger partial charge < -0.3 is 15.0 Å². The maximum Gasteiger partial charge on any atom is 0.250 e. The third-order valence-corrected chi connectivity index (χ3v) is 6.20. The van der Waals surface area contributed by atoms with Crippen molar-refractivity contribution in [3.63, 3.8) is 0 Å². The van der Waals surface area contributed by atoms with E-state index in [9.17, 15) is 4.79 Å². The fourth-order valence-corrected chi connectivity index (χ4v) is 4.75. The SMILES string of the molecule is O=C(N1CCCC(CN2CCOCC2)C1)C1(n2cccn2)CCNCC1. The van der Waals surface area contributed by atoms with Gasteiger partial charge in [-0.3, -0.25) is 14.4 Å². The summed E-state index contributed by atoms with van der Waals surface area (Å²) in [5.74, 6) is 0.844. The Bertz CT molecular complexity index is 579. The maximum absolute atomic E-state index is 13.6. The molecule has 1 atom stereocenters. The van der Waals surface area contributed by atoms with Crippen LogP contribution in [0.3, 0.4) is 0 Å². The van der Waals surface area contributed by atoms with Gasteiger partial charge in [-0.2, -0.15) is 5.10 Å². The quantitative estimate of drug-likeness (QED) is 0.848. The van der Waals surface area contributed by atoms with Crippen LogP contribution in [0.4, 0.5) is 0 Å². The number of rotatable bonds is 4. The Morgan fingerprint density at radius 3 is 2.77 bits per heavy atom. The molecule has 1 aromatic heterocycles. The van der Waals surface area contributed by atoms with Crippen LogP contribution in [-0.4, -0.2) is 84.5 Å². The predicted molar refractivity (Wildman–Crippen MR) is 98.9 cm³/mol. The molecule has 1 unspecified atom stereocenters. The molecular formula is C19H31N5O2. The van der Waals surface area contributed by atoms with Crippen molar-refractivity contribution >= 4 is 5.91 Å². The van der Waals surface area contributed by atoms with Crippen LogP contribution in [0, 0.1) is 5.92 Å². The van der Waals surface area contributed by atoms with E-state index in [-0.39, 0.29) is 5.91 Å². The Kier molecular flexibility index (Phi) is 5.57. The lowest BCUT2D eigenvalue weighted by Gasteiger charge is -2.43. The number of hydrogen-bond acceptors (Lipinski definition) is 5. The van der Waals surface area contributed by atoms with Crippen LogP contribution < -0.4 is 5.32 Å². The number of nitrogens with one attached hydrogen (secondary N) is 1. The molecule has 0 spiro atoms. The molecular weight excluding hydrogens is 330 g/mol. The molecule has 0 saturated carbocycles. The second-order valence-electron chi connectivity index (χ2n) is 7.90. The first-order chi connectivity index (χ1) is 12.8. The van der Waals surface area contributed by atoms with Gasteiger partial charge in [-0.15, -0.1) is 0 Å². The summed E-state index contributed by atoms with van der Waals surface area (Å²) in [6.45, 7) is 8.31. The van der Waals surface area contributed by atoms with Crippen LogP contribution in [0.2, 0.25) is 0 Å². The zero-order chi connectivity index (χ0) is 17.8. The number of morpholine rings is 1. The number of hydrogen-bond donors (Lipinski definition) is 1. The molecule has 3 saturated heterocycles. The zero-order valence-corrected chi connectivity index (χ0v) is 15.6. The van der Waals surface area contributed by atoms with E-state index in [0.29, 0.717) is 5.92 Å². The molecule has 1 N–H and O–H groups in total. The molecule has 4 rings (SSSR count). The van der Waals surface area contributed by atoms with Gasteiger partial charge in [0.2, 0.25) is 0 Å². The lowest BCUT2D eigenvalue weighted by atomic mass is 9.85. The number of aromatic nitrogens is 2. The van der Waals surface area contributed by atoms with Crippen molar-refractivity contribution in [1.82, 2.24) is 24.9 Å². The van der Waals surface area contributed by atoms with Crippen LogP contribution >= 0.6 is 0 Å². The smallest absolute Gasteiger partial charge is 0.250 e. The Morgan fingerprint density at radius 2 is 2.04 bits per heavy atom. The van der Waals surface area contributed by atoms with Crippen molar-refractivity contribution in [2.45, 2.75) is 31.2 Å². The molecule has 26 heavy (non-hydrogen) atoms. The Morgan fingerprint density at radius 1 is 1.23 bits per heavy atom. The second kappa shape index (κ2) is 8.06. The summed E-state index contributed by atoms with van der Waals surface area (Å²) in [7, 11) is 0. The van der Waals surface area contributed by atoms with E-state index in [1.165, 1.54) is 6.42 Å². The van der Waals surface area contributed by atoms with Gasteiger partial charge in [0.25, 0.3) is 5.91 Å². The predicted octanol–water partition coefficient (Wildman–Crippen LogP) is 0.533. The maximum atomic E-state index is 13.6. The van der Waals surface area contributed by atoms with Crippen LogP contribution in [-0.2, 0) is 15.1 Å². The highest BCUT2D eigenvalue weighted by Crippen LogP contribution is 2.31. The van der Waals surface area contributed by atoms with Gasteiger partial charge in [0.15, 0.2) is 0 Å². The average Bonchev–Trinajstić information content (AvgIpc) is 3.24. The lowest BCUT2D eigenvalue weighted by molar-refractivity contribution is -0.145. The minimum Gasteiger partial charge on any atom is -0.379 e. The summed E-state index contributed by atoms with van der Waals surface area (Å²) in [4.78, 5) is 18.2. The molecule has 0 aliphatic carbocycles. The minimum atomic E-state index is -0.504. The first-order valence-corrected chi connectivity index (χ1v) is 10.1. The zero-order valence-electron chi connectivity index (χ0n) is 15.6. The number of piperidine rings is 2. The summed E-state index contributed by atoms with van der Waals surface area (Å²) in [6.07, 6.45) is 7.70. The molecule has 1 amide bonds. The number of likely N-dealkylation sites (tertiary alicyclic amines) is 1. The fraction of sp³-hybridized carbons (Fsp3) is 0.789. The summed E-state index contributed by atoms with van der Waals surface area (Å²) >= 11 is 0. The van der Waals surface area contributed by atoms with E-state index in [1.807, 2.05) is 16.9 Å². The highest BCUT2D eigenvalue weighted by atomic mass is 16.5. The van der Waals surface area contributed by atoms with E-state index in [2.05, 4.69) is 20.2 Å². The summed E-state index contributed by atoms with van der Waals surface area (Å²) in [6, 6.07) is 1.93. The van der Waals surface area contributed by atoms with Gasteiger partial charge in [-0.05, 0) is 50.8 Å². The van der Waals surface area contributed by atoms with Crippen LogP contribution in [0.25, 0.3) is 0 Å². The standard InChI is InChI=1S/C19H31N5O2/c25-18(19(4-7-20-8-5-19)24-10-2-6-21-24)23-9-1-3-17(16-23)15-22-11-13-26-14-12-22/h2,6,10,17,20H,1,3-5,7-9,11-16H2. The third kappa shape index (κ3) is 3.66. The van der Waals surface area contributed by atoms with E-state index < -0.39 is 5.54 Å². The van der Waals surface area contributed by atoms with Crippen molar-refractivity contribution in [2.24, 2.45) is 5.92 Å². The topological polar surface area (TPSA) is 62.6 Å². The average molecular weight is 361 g/mol. The van der Waals surface area contributed by atoms with Gasteiger partial charge >= 0.3 is 0 Å². The van der Waals surface area contributed by atoms with Crippen LogP contribution in [0.5, 0.6) is 0 Å². The molecule has 7 heteroatoms. The van der Waals surface area contributed by atoms with Crippen molar-refractivity contribution < 1.29 is 9.53 Å². The van der Waals surface area contributed by atoms with Crippen molar-refractivity contribution in [3.05, 3.63) is 18.5 Å². The first kappa shape index (κ1) is 17.9. The third-order valence-electron chi connectivity index (χ3n) is 6.20. The molecule has 1 aromatic rings. The summed E-state index contributed by atoms with van der Waals surface area (Å²) < 4.78 is 7.38. The van der Waals surface area contributed by atoms with E-state index in [4.69, 9.17) is 4.74 Å². The van der Waals surface area contributed by atoms with Gasteiger partial charge in [-0.25, -0.2) is 0 Å². The van der Waals surface area contributed by atoms with Crippen molar-refractivity contribution in [3.8, 4) is 0 Å². The molecule has 0 radical (unpaired) electrons. The van der Waals surface area contributed by atoms with Crippen molar-refractivity contribution in [1.29, 1.82) is 0 Å². The van der Waals surface area contributed by atoms with Crippen LogP contribution in [0.15, 0.2) is 18.5 Å². The molecule has 3 aliphatic heterocycles. The molecule has 3 aliphatic rings. The number of amides is 1. The number of nitrogens with zero attached hydrogens (tertiary/aromatic N) is 4. The molecule has 4 heterocycles. The van der Waals surface area contributed by atoms with Gasteiger partial charge in [0.05, 0.1) is 13.2 Å². The number of carbonyl (C=O) groups is 1. The van der Waals surface area contributed by atoms with E-state index in [0.717, 1.165) is 78.3 Å². The molecule has 144 valence electrons.